The van der Waals surface area contributed by atoms with E-state index >= 15 is 0 Å². The third kappa shape index (κ3) is 6.35. The zero-order chi connectivity index (χ0) is 7.82. The summed E-state index contributed by atoms with van der Waals surface area (Å²) in [6.07, 6.45) is 4.48. The van der Waals surface area contributed by atoms with Crippen LogP contribution in [0.5, 0.6) is 0 Å². The predicted octanol–water partition coefficient (Wildman–Crippen LogP) is 2.61. The molecule has 1 aliphatic rings. The van der Waals surface area contributed by atoms with E-state index in [-0.39, 0.29) is 0 Å². The molecule has 0 atom stereocenters. The molecule has 0 spiro atoms. The molecular weight excluding hydrogens is 139 g/mol. The maximum absolute atomic E-state index is 5.42. The zero-order valence-corrected chi connectivity index (χ0v) is 8.25. The van der Waals surface area contributed by atoms with E-state index in [9.17, 15) is 0 Å². The van der Waals surface area contributed by atoms with E-state index in [2.05, 4.69) is 12.4 Å². The molecule has 1 heterocycles. The fourth-order valence-corrected chi connectivity index (χ4v) is 2.50. The Morgan fingerprint density at radius 2 is 2.10 bits per heavy atom. The minimum Gasteiger partial charge on any atom is -0.501 e. The van der Waals surface area contributed by atoms with Gasteiger partial charge < -0.3 is 3.79 Å². The molecule has 0 saturated carbocycles. The Kier molecular flexibility index (Phi) is 7.51. The van der Waals surface area contributed by atoms with Crippen LogP contribution < -0.4 is 0 Å². The summed E-state index contributed by atoms with van der Waals surface area (Å²) in [5.74, 6) is 2.28. The first-order valence-corrected chi connectivity index (χ1v) is 6.44. The van der Waals surface area contributed by atoms with Crippen LogP contribution in [0.4, 0.5) is 0 Å². The quantitative estimate of drug-likeness (QED) is 0.387. The van der Waals surface area contributed by atoms with Crippen molar-refractivity contribution in [2.24, 2.45) is 0 Å². The van der Waals surface area contributed by atoms with Crippen molar-refractivity contribution in [2.45, 2.75) is 30.8 Å². The zero-order valence-electron chi connectivity index (χ0n) is 7.10. The van der Waals surface area contributed by atoms with E-state index in [1.807, 2.05) is 6.92 Å². The lowest BCUT2D eigenvalue weighted by molar-refractivity contribution is 0.291. The Hall–Kier alpha value is 0.232. The lowest BCUT2D eigenvalue weighted by Crippen LogP contribution is -2.18. The van der Waals surface area contributed by atoms with Gasteiger partial charge in [0.15, 0.2) is 0 Å². The minimum atomic E-state index is -0.595. The summed E-state index contributed by atoms with van der Waals surface area (Å²) >= 11 is -0.595. The van der Waals surface area contributed by atoms with Crippen molar-refractivity contribution in [3.63, 3.8) is 0 Å². The molecule has 0 aromatic rings. The van der Waals surface area contributed by atoms with Crippen LogP contribution in [0.2, 0.25) is 11.1 Å². The molecule has 0 amide bonds. The smallest absolute Gasteiger partial charge is 0.457 e. The Labute approximate surface area is 68.8 Å². The maximum atomic E-state index is 5.42. The fraction of sp³-hybridized carbons (Fsp3) is 0.750. The molecule has 1 aliphatic heterocycles. The van der Waals surface area contributed by atoms with Gasteiger partial charge in [0, 0.05) is 6.61 Å². The van der Waals surface area contributed by atoms with Gasteiger partial charge in [0.25, 0.3) is 0 Å². The van der Waals surface area contributed by atoms with Crippen molar-refractivity contribution in [1.29, 1.82) is 0 Å². The molecule has 0 radical (unpaired) electrons. The van der Waals surface area contributed by atoms with Crippen LogP contribution in [0, 0.1) is 0 Å². The highest BCUT2D eigenvalue weighted by Crippen LogP contribution is 2.09. The molecule has 1 saturated heterocycles. The van der Waals surface area contributed by atoms with Gasteiger partial charge in [0.1, 0.15) is 0 Å². The topological polar surface area (TPSA) is 9.23 Å². The van der Waals surface area contributed by atoms with Crippen molar-refractivity contribution < 1.29 is 3.79 Å². The van der Waals surface area contributed by atoms with Crippen LogP contribution in [-0.2, 0) is 3.79 Å². The van der Waals surface area contributed by atoms with Gasteiger partial charge in [0.2, 0.25) is 0 Å². The van der Waals surface area contributed by atoms with Gasteiger partial charge in [-0.2, -0.15) is 0 Å². The summed E-state index contributed by atoms with van der Waals surface area (Å²) in [7, 11) is 0. The van der Waals surface area contributed by atoms with Crippen LogP contribution in [0.1, 0.15) is 19.8 Å². The van der Waals surface area contributed by atoms with Gasteiger partial charge in [0.05, 0.1) is 0 Å². The lowest BCUT2D eigenvalue weighted by atomic mass is 10.4. The average molecular weight is 156 g/mol. The summed E-state index contributed by atoms with van der Waals surface area (Å²) in [5, 5.41) is 1.40. The van der Waals surface area contributed by atoms with Crippen molar-refractivity contribution in [3.05, 3.63) is 12.7 Å². The second-order valence-electron chi connectivity index (χ2n) is 2.59. The molecule has 0 aromatic heterocycles. The van der Waals surface area contributed by atoms with Crippen LogP contribution in [0.15, 0.2) is 12.7 Å². The lowest BCUT2D eigenvalue weighted by Gasteiger charge is -2.13. The van der Waals surface area contributed by atoms with Crippen LogP contribution in [0.25, 0.3) is 0 Å². The van der Waals surface area contributed by atoms with E-state index in [1.165, 1.54) is 18.1 Å². The Balaban J connectivity index is 0.000000236. The largest absolute Gasteiger partial charge is 0.501 e. The number of allylic oxidation sites excluding steroid dienone is 1. The molecule has 0 unspecified atom stereocenters. The molecule has 10 heavy (non-hydrogen) atoms. The molecule has 2 heteroatoms. The second kappa shape index (κ2) is 7.34. The molecule has 0 N–H and O–H groups in total. The molecule has 0 aliphatic carbocycles. The average Bonchev–Trinajstić information content (AvgIpc) is 1.91. The van der Waals surface area contributed by atoms with Crippen LogP contribution >= 0.6 is 0 Å². The highest BCUT2D eigenvalue weighted by Gasteiger charge is 2.15. The molecule has 1 fully saturated rings. The SMILES string of the molecule is C=CC.[CH3][Al]1[CH2]CCC[O]1. The monoisotopic (exact) mass is 156 g/mol. The predicted molar refractivity (Wildman–Crippen MR) is 47.5 cm³/mol. The van der Waals surface area contributed by atoms with Crippen molar-refractivity contribution >= 4 is 14.5 Å². The number of hydrogen-bond acceptors (Lipinski definition) is 1. The van der Waals surface area contributed by atoms with Crippen molar-refractivity contribution in [3.8, 4) is 0 Å². The summed E-state index contributed by atoms with van der Waals surface area (Å²) in [4.78, 5) is 0. The molecule has 0 bridgehead atoms. The fourth-order valence-electron chi connectivity index (χ4n) is 0.902. The third-order valence-corrected chi connectivity index (χ3v) is 3.43. The maximum Gasteiger partial charge on any atom is 0.457 e. The van der Waals surface area contributed by atoms with Gasteiger partial charge in [-0.15, -0.1) is 6.58 Å². The van der Waals surface area contributed by atoms with Crippen molar-refractivity contribution in [1.82, 2.24) is 0 Å². The van der Waals surface area contributed by atoms with Crippen molar-refractivity contribution in [2.75, 3.05) is 6.61 Å². The van der Waals surface area contributed by atoms with E-state index in [0.717, 1.165) is 6.61 Å². The summed E-state index contributed by atoms with van der Waals surface area (Å²) < 4.78 is 5.42. The number of rotatable bonds is 0. The molecule has 1 rings (SSSR count). The highest BCUT2D eigenvalue weighted by molar-refractivity contribution is 6.50. The van der Waals surface area contributed by atoms with Gasteiger partial charge in [-0.1, -0.05) is 23.6 Å². The molecular formula is C8H17AlO. The summed E-state index contributed by atoms with van der Waals surface area (Å²) in [6, 6.07) is 0. The molecule has 0 aromatic carbocycles. The summed E-state index contributed by atoms with van der Waals surface area (Å²) in [6.45, 7) is 6.30. The van der Waals surface area contributed by atoms with E-state index in [1.54, 1.807) is 6.08 Å². The Bertz CT molecular complexity index is 77.3. The second-order valence-corrected chi connectivity index (χ2v) is 5.12. The van der Waals surface area contributed by atoms with E-state index in [0.29, 0.717) is 0 Å². The molecule has 58 valence electrons. The van der Waals surface area contributed by atoms with E-state index < -0.39 is 14.5 Å². The minimum absolute atomic E-state index is 0.595. The normalized spacial score (nSPS) is 17.2. The van der Waals surface area contributed by atoms with Gasteiger partial charge in [-0.25, -0.2) is 0 Å². The third-order valence-electron chi connectivity index (χ3n) is 1.41. The Morgan fingerprint density at radius 1 is 1.50 bits per heavy atom. The summed E-state index contributed by atoms with van der Waals surface area (Å²) in [5.41, 5.74) is 0. The highest BCUT2D eigenvalue weighted by atomic mass is 27.2. The van der Waals surface area contributed by atoms with Crippen LogP contribution in [-0.4, -0.2) is 21.1 Å². The number of hydrogen-bond donors (Lipinski definition) is 0. The van der Waals surface area contributed by atoms with Gasteiger partial charge in [-0.05, 0) is 13.3 Å². The Morgan fingerprint density at radius 3 is 2.30 bits per heavy atom. The van der Waals surface area contributed by atoms with Gasteiger partial charge in [-0.3, -0.25) is 0 Å². The standard InChI is InChI=1S/C4H8O.C3H6.CH3.Al/c1-2-3-4-5;1-3-2;;/h1-4H2;3H,1H2,2H3;1H3;/q-1;;;+1. The first kappa shape index (κ1) is 10.2. The first-order chi connectivity index (χ1) is 4.81. The van der Waals surface area contributed by atoms with Crippen LogP contribution in [0.3, 0.4) is 0 Å². The van der Waals surface area contributed by atoms with Gasteiger partial charge >= 0.3 is 14.5 Å². The first-order valence-electron chi connectivity index (χ1n) is 4.00. The van der Waals surface area contributed by atoms with E-state index in [4.69, 9.17) is 3.79 Å². The molecule has 1 nitrogen and oxygen atoms in total.